The standard InChI is InChI=1S/C16H18N4O.ClH/c21-15(20-16-18-8-1-9-19-16)14-4-2-12(3-5-14)13-6-10-17-11-7-13;/h1-5,8-9,13,17H,6-7,10-11H2,(H,18,19,20,21);1H. The van der Waals surface area contributed by atoms with Gasteiger partial charge in [0.2, 0.25) is 5.95 Å². The predicted octanol–water partition coefficient (Wildman–Crippen LogP) is 2.62. The van der Waals surface area contributed by atoms with Crippen LogP contribution in [-0.4, -0.2) is 29.0 Å². The SMILES string of the molecule is Cl.O=C(Nc1ncccn1)c1ccc(C2CCNCC2)cc1. The molecule has 0 atom stereocenters. The molecule has 1 aromatic heterocycles. The molecule has 116 valence electrons. The van der Waals surface area contributed by atoms with Gasteiger partial charge in [-0.1, -0.05) is 12.1 Å². The number of rotatable bonds is 3. The lowest BCUT2D eigenvalue weighted by Gasteiger charge is -2.23. The Hall–Kier alpha value is -1.98. The Kier molecular flexibility index (Phi) is 5.86. The number of nitrogens with zero attached hydrogens (tertiary/aromatic N) is 2. The molecular weight excluding hydrogens is 300 g/mol. The van der Waals surface area contributed by atoms with E-state index in [2.05, 4.69) is 32.7 Å². The van der Waals surface area contributed by atoms with Crippen LogP contribution in [0.25, 0.3) is 0 Å². The Morgan fingerprint density at radius 3 is 2.36 bits per heavy atom. The quantitative estimate of drug-likeness (QED) is 0.913. The third-order valence-electron chi connectivity index (χ3n) is 3.77. The van der Waals surface area contributed by atoms with Crippen LogP contribution in [0.2, 0.25) is 0 Å². The molecule has 1 amide bonds. The van der Waals surface area contributed by atoms with Gasteiger partial charge in [0.15, 0.2) is 0 Å². The molecule has 1 aliphatic rings. The van der Waals surface area contributed by atoms with Crippen molar-refractivity contribution in [1.29, 1.82) is 0 Å². The number of hydrogen-bond acceptors (Lipinski definition) is 4. The summed E-state index contributed by atoms with van der Waals surface area (Å²) in [6, 6.07) is 9.56. The van der Waals surface area contributed by atoms with E-state index in [0.29, 0.717) is 17.4 Å². The zero-order valence-electron chi connectivity index (χ0n) is 12.2. The summed E-state index contributed by atoms with van der Waals surface area (Å²) in [6.45, 7) is 2.14. The molecule has 0 radical (unpaired) electrons. The van der Waals surface area contributed by atoms with Crippen LogP contribution in [0.15, 0.2) is 42.7 Å². The van der Waals surface area contributed by atoms with Gasteiger partial charge in [0.25, 0.3) is 5.91 Å². The molecule has 3 rings (SSSR count). The Morgan fingerprint density at radius 1 is 1.09 bits per heavy atom. The van der Waals surface area contributed by atoms with Crippen LogP contribution in [0.5, 0.6) is 0 Å². The first-order valence-corrected chi connectivity index (χ1v) is 7.22. The zero-order chi connectivity index (χ0) is 14.5. The van der Waals surface area contributed by atoms with Crippen LogP contribution in [0.3, 0.4) is 0 Å². The molecule has 22 heavy (non-hydrogen) atoms. The fourth-order valence-corrected chi connectivity index (χ4v) is 2.60. The summed E-state index contributed by atoms with van der Waals surface area (Å²) in [5.74, 6) is 0.740. The van der Waals surface area contributed by atoms with Crippen molar-refractivity contribution in [2.45, 2.75) is 18.8 Å². The second-order valence-electron chi connectivity index (χ2n) is 5.17. The highest BCUT2D eigenvalue weighted by molar-refractivity contribution is 6.03. The van der Waals surface area contributed by atoms with Crippen LogP contribution in [-0.2, 0) is 0 Å². The molecule has 0 saturated carbocycles. The van der Waals surface area contributed by atoms with Crippen molar-refractivity contribution in [2.75, 3.05) is 18.4 Å². The first-order chi connectivity index (χ1) is 10.3. The summed E-state index contributed by atoms with van der Waals surface area (Å²) in [5, 5.41) is 6.05. The lowest BCUT2D eigenvalue weighted by molar-refractivity contribution is 0.102. The third kappa shape index (κ3) is 4.02. The molecule has 5 nitrogen and oxygen atoms in total. The molecule has 0 bridgehead atoms. The van der Waals surface area contributed by atoms with Crippen molar-refractivity contribution in [3.05, 3.63) is 53.9 Å². The summed E-state index contributed by atoms with van der Waals surface area (Å²) in [6.07, 6.45) is 5.51. The van der Waals surface area contributed by atoms with Gasteiger partial charge in [-0.25, -0.2) is 9.97 Å². The number of hydrogen-bond donors (Lipinski definition) is 2. The highest BCUT2D eigenvalue weighted by Gasteiger charge is 2.15. The van der Waals surface area contributed by atoms with Crippen LogP contribution >= 0.6 is 12.4 Å². The zero-order valence-corrected chi connectivity index (χ0v) is 13.0. The first kappa shape index (κ1) is 16.4. The second-order valence-corrected chi connectivity index (χ2v) is 5.17. The molecule has 1 saturated heterocycles. The smallest absolute Gasteiger partial charge is 0.258 e. The highest BCUT2D eigenvalue weighted by atomic mass is 35.5. The third-order valence-corrected chi connectivity index (χ3v) is 3.77. The van der Waals surface area contributed by atoms with E-state index in [9.17, 15) is 4.79 Å². The number of aromatic nitrogens is 2. The summed E-state index contributed by atoms with van der Waals surface area (Å²) in [4.78, 5) is 20.1. The second kappa shape index (κ2) is 7.87. The van der Waals surface area contributed by atoms with Gasteiger partial charge in [0.1, 0.15) is 0 Å². The summed E-state index contributed by atoms with van der Waals surface area (Å²) in [5.41, 5.74) is 1.93. The monoisotopic (exact) mass is 318 g/mol. The Labute approximate surface area is 136 Å². The first-order valence-electron chi connectivity index (χ1n) is 7.22. The Bertz CT molecular complexity index is 597. The minimum absolute atomic E-state index is 0. The van der Waals surface area contributed by atoms with E-state index in [1.165, 1.54) is 5.56 Å². The number of anilines is 1. The van der Waals surface area contributed by atoms with Crippen molar-refractivity contribution < 1.29 is 4.79 Å². The van der Waals surface area contributed by atoms with Crippen LogP contribution in [0, 0.1) is 0 Å². The van der Waals surface area contributed by atoms with Gasteiger partial charge in [-0.05, 0) is 55.6 Å². The summed E-state index contributed by atoms with van der Waals surface area (Å²) in [7, 11) is 0. The normalized spacial score (nSPS) is 14.9. The van der Waals surface area contributed by atoms with E-state index in [-0.39, 0.29) is 18.3 Å². The van der Waals surface area contributed by atoms with Gasteiger partial charge in [0, 0.05) is 18.0 Å². The number of piperidine rings is 1. The lowest BCUT2D eigenvalue weighted by atomic mass is 9.90. The maximum Gasteiger partial charge on any atom is 0.258 e. The molecule has 1 fully saturated rings. The van der Waals surface area contributed by atoms with E-state index >= 15 is 0 Å². The molecule has 1 aliphatic heterocycles. The van der Waals surface area contributed by atoms with Gasteiger partial charge in [0.05, 0.1) is 0 Å². The van der Waals surface area contributed by atoms with Crippen molar-refractivity contribution in [3.8, 4) is 0 Å². The molecule has 1 aromatic carbocycles. The maximum atomic E-state index is 12.1. The largest absolute Gasteiger partial charge is 0.317 e. The maximum absolute atomic E-state index is 12.1. The van der Waals surface area contributed by atoms with Gasteiger partial charge in [-0.15, -0.1) is 12.4 Å². The summed E-state index contributed by atoms with van der Waals surface area (Å²) >= 11 is 0. The molecule has 2 heterocycles. The molecule has 6 heteroatoms. The molecule has 2 N–H and O–H groups in total. The highest BCUT2D eigenvalue weighted by Crippen LogP contribution is 2.25. The average molecular weight is 319 g/mol. The van der Waals surface area contributed by atoms with E-state index in [1.807, 2.05) is 12.1 Å². The van der Waals surface area contributed by atoms with Crippen LogP contribution < -0.4 is 10.6 Å². The van der Waals surface area contributed by atoms with E-state index < -0.39 is 0 Å². The fourth-order valence-electron chi connectivity index (χ4n) is 2.60. The number of benzene rings is 1. The summed E-state index contributed by atoms with van der Waals surface area (Å²) < 4.78 is 0. The number of carbonyl (C=O) groups excluding carboxylic acids is 1. The van der Waals surface area contributed by atoms with Crippen molar-refractivity contribution in [1.82, 2.24) is 15.3 Å². The molecule has 0 unspecified atom stereocenters. The molecule has 0 aliphatic carbocycles. The van der Waals surface area contributed by atoms with Crippen molar-refractivity contribution in [2.24, 2.45) is 0 Å². The Balaban J connectivity index is 0.00000176. The van der Waals surface area contributed by atoms with Gasteiger partial charge < -0.3 is 5.32 Å². The van der Waals surface area contributed by atoms with E-state index in [0.717, 1.165) is 25.9 Å². The minimum atomic E-state index is -0.182. The topological polar surface area (TPSA) is 66.9 Å². The Morgan fingerprint density at radius 2 is 1.73 bits per heavy atom. The van der Waals surface area contributed by atoms with Crippen molar-refractivity contribution >= 4 is 24.3 Å². The van der Waals surface area contributed by atoms with E-state index in [1.54, 1.807) is 18.5 Å². The number of halogens is 1. The van der Waals surface area contributed by atoms with Gasteiger partial charge >= 0.3 is 0 Å². The molecular formula is C16H19ClN4O. The molecule has 0 spiro atoms. The van der Waals surface area contributed by atoms with Crippen LogP contribution in [0.1, 0.15) is 34.7 Å². The van der Waals surface area contributed by atoms with Gasteiger partial charge in [-0.3, -0.25) is 10.1 Å². The fraction of sp³-hybridized carbons (Fsp3) is 0.312. The number of nitrogens with one attached hydrogen (secondary N) is 2. The molecule has 2 aromatic rings. The van der Waals surface area contributed by atoms with Crippen LogP contribution in [0.4, 0.5) is 5.95 Å². The van der Waals surface area contributed by atoms with E-state index in [4.69, 9.17) is 0 Å². The minimum Gasteiger partial charge on any atom is -0.317 e. The van der Waals surface area contributed by atoms with Crippen molar-refractivity contribution in [3.63, 3.8) is 0 Å². The predicted molar refractivity (Wildman–Crippen MR) is 88.5 cm³/mol. The lowest BCUT2D eigenvalue weighted by Crippen LogP contribution is -2.26. The number of carbonyl (C=O) groups is 1. The number of amides is 1. The average Bonchev–Trinajstić information content (AvgIpc) is 2.57. The van der Waals surface area contributed by atoms with Gasteiger partial charge in [-0.2, -0.15) is 0 Å².